The molecule has 2 rings (SSSR count). The Morgan fingerprint density at radius 1 is 1.09 bits per heavy atom. The topological polar surface area (TPSA) is 3.01 Å². The van der Waals surface area contributed by atoms with E-state index in [1.807, 2.05) is 6.07 Å². The number of rotatable bonds is 2. The standard InChI is InChI=1S/C10H11N/c1-2-4-10(5-3-1)6-7-11-8-9-11/h1-7H,8-9H2. The van der Waals surface area contributed by atoms with Gasteiger partial charge in [-0.15, -0.1) is 0 Å². The molecule has 0 unspecified atom stereocenters. The minimum absolute atomic E-state index is 1.23. The molecule has 0 radical (unpaired) electrons. The highest BCUT2D eigenvalue weighted by atomic mass is 15.2. The van der Waals surface area contributed by atoms with Crippen LogP contribution in [0.3, 0.4) is 0 Å². The first-order valence-electron chi connectivity index (χ1n) is 3.92. The average molecular weight is 145 g/mol. The summed E-state index contributed by atoms with van der Waals surface area (Å²) in [6.07, 6.45) is 4.29. The van der Waals surface area contributed by atoms with Crippen molar-refractivity contribution in [2.24, 2.45) is 0 Å². The van der Waals surface area contributed by atoms with E-state index < -0.39 is 0 Å². The molecular formula is C10H11N. The van der Waals surface area contributed by atoms with Gasteiger partial charge in [0.1, 0.15) is 0 Å². The maximum Gasteiger partial charge on any atom is 0.0349 e. The maximum absolute atomic E-state index is 2.27. The second-order valence-electron chi connectivity index (χ2n) is 2.76. The van der Waals surface area contributed by atoms with E-state index in [0.717, 1.165) is 0 Å². The van der Waals surface area contributed by atoms with Crippen molar-refractivity contribution in [1.82, 2.24) is 4.90 Å². The van der Waals surface area contributed by atoms with E-state index in [1.165, 1.54) is 18.7 Å². The fourth-order valence-corrected chi connectivity index (χ4v) is 0.962. The van der Waals surface area contributed by atoms with Crippen LogP contribution in [0.5, 0.6) is 0 Å². The molecule has 1 saturated heterocycles. The highest BCUT2D eigenvalue weighted by molar-refractivity contribution is 5.48. The Bertz CT molecular complexity index is 247. The minimum Gasteiger partial charge on any atom is -0.374 e. The molecule has 11 heavy (non-hydrogen) atoms. The van der Waals surface area contributed by atoms with E-state index in [2.05, 4.69) is 41.4 Å². The minimum atomic E-state index is 1.23. The Morgan fingerprint density at radius 2 is 1.82 bits per heavy atom. The summed E-state index contributed by atoms with van der Waals surface area (Å²) in [6.45, 7) is 2.45. The zero-order valence-corrected chi connectivity index (χ0v) is 6.40. The van der Waals surface area contributed by atoms with Crippen LogP contribution in [0.4, 0.5) is 0 Å². The molecule has 0 amide bonds. The highest BCUT2D eigenvalue weighted by Crippen LogP contribution is 2.07. The lowest BCUT2D eigenvalue weighted by atomic mass is 10.2. The summed E-state index contributed by atoms with van der Waals surface area (Å²) in [6, 6.07) is 10.4. The average Bonchev–Trinajstić information content (AvgIpc) is 2.86. The van der Waals surface area contributed by atoms with Gasteiger partial charge in [0, 0.05) is 13.1 Å². The van der Waals surface area contributed by atoms with Gasteiger partial charge < -0.3 is 4.90 Å². The Labute approximate surface area is 67.0 Å². The van der Waals surface area contributed by atoms with Gasteiger partial charge in [0.2, 0.25) is 0 Å². The van der Waals surface area contributed by atoms with Gasteiger partial charge in [-0.2, -0.15) is 0 Å². The molecule has 1 aliphatic rings. The molecule has 1 aliphatic heterocycles. The first-order chi connectivity index (χ1) is 5.45. The largest absolute Gasteiger partial charge is 0.374 e. The molecule has 1 aromatic carbocycles. The van der Waals surface area contributed by atoms with Gasteiger partial charge in [0.15, 0.2) is 0 Å². The number of nitrogens with zero attached hydrogens (tertiary/aromatic N) is 1. The molecule has 0 N–H and O–H groups in total. The van der Waals surface area contributed by atoms with Gasteiger partial charge in [-0.1, -0.05) is 30.3 Å². The third-order valence-corrected chi connectivity index (χ3v) is 1.76. The third kappa shape index (κ3) is 1.84. The lowest BCUT2D eigenvalue weighted by Crippen LogP contribution is -1.78. The van der Waals surface area contributed by atoms with Crippen molar-refractivity contribution >= 4 is 6.08 Å². The van der Waals surface area contributed by atoms with Crippen LogP contribution in [0.15, 0.2) is 36.5 Å². The molecule has 1 aromatic rings. The number of benzene rings is 1. The van der Waals surface area contributed by atoms with Crippen molar-refractivity contribution < 1.29 is 0 Å². The highest BCUT2D eigenvalue weighted by Gasteiger charge is 2.10. The predicted octanol–water partition coefficient (Wildman–Crippen LogP) is 1.97. The molecule has 0 aliphatic carbocycles. The Kier molecular flexibility index (Phi) is 1.64. The van der Waals surface area contributed by atoms with Crippen LogP contribution in [-0.2, 0) is 0 Å². The molecule has 1 heteroatoms. The summed E-state index contributed by atoms with van der Waals surface area (Å²) >= 11 is 0. The molecule has 0 atom stereocenters. The van der Waals surface area contributed by atoms with Crippen molar-refractivity contribution in [2.75, 3.05) is 13.1 Å². The number of hydrogen-bond donors (Lipinski definition) is 0. The third-order valence-electron chi connectivity index (χ3n) is 1.76. The van der Waals surface area contributed by atoms with Crippen LogP contribution in [0.1, 0.15) is 5.56 Å². The van der Waals surface area contributed by atoms with E-state index in [9.17, 15) is 0 Å². The molecule has 1 fully saturated rings. The lowest BCUT2D eigenvalue weighted by Gasteiger charge is -1.91. The van der Waals surface area contributed by atoms with Gasteiger partial charge in [0.25, 0.3) is 0 Å². The molecule has 1 nitrogen and oxygen atoms in total. The Morgan fingerprint density at radius 3 is 2.45 bits per heavy atom. The molecule has 56 valence electrons. The smallest absolute Gasteiger partial charge is 0.0349 e. The fourth-order valence-electron chi connectivity index (χ4n) is 0.962. The van der Waals surface area contributed by atoms with E-state index in [4.69, 9.17) is 0 Å². The van der Waals surface area contributed by atoms with Crippen molar-refractivity contribution in [1.29, 1.82) is 0 Å². The molecular weight excluding hydrogens is 134 g/mol. The van der Waals surface area contributed by atoms with Gasteiger partial charge in [0.05, 0.1) is 0 Å². The van der Waals surface area contributed by atoms with Gasteiger partial charge >= 0.3 is 0 Å². The Hall–Kier alpha value is -1.24. The predicted molar refractivity (Wildman–Crippen MR) is 47.0 cm³/mol. The van der Waals surface area contributed by atoms with E-state index in [0.29, 0.717) is 0 Å². The molecule has 1 heterocycles. The maximum atomic E-state index is 2.27. The number of hydrogen-bond acceptors (Lipinski definition) is 1. The second-order valence-corrected chi connectivity index (χ2v) is 2.76. The van der Waals surface area contributed by atoms with Crippen LogP contribution in [-0.4, -0.2) is 18.0 Å². The fraction of sp³-hybridized carbons (Fsp3) is 0.200. The van der Waals surface area contributed by atoms with Crippen molar-refractivity contribution in [2.45, 2.75) is 0 Å². The van der Waals surface area contributed by atoms with Gasteiger partial charge in [-0.25, -0.2) is 0 Å². The molecule has 0 aromatic heterocycles. The first kappa shape index (κ1) is 6.47. The van der Waals surface area contributed by atoms with Gasteiger partial charge in [-0.05, 0) is 17.8 Å². The summed E-state index contributed by atoms with van der Waals surface area (Å²) in [4.78, 5) is 2.27. The summed E-state index contributed by atoms with van der Waals surface area (Å²) in [5.74, 6) is 0. The van der Waals surface area contributed by atoms with Crippen molar-refractivity contribution in [3.63, 3.8) is 0 Å². The summed E-state index contributed by atoms with van der Waals surface area (Å²) < 4.78 is 0. The monoisotopic (exact) mass is 145 g/mol. The Balaban J connectivity index is 2.05. The quantitative estimate of drug-likeness (QED) is 0.575. The SMILES string of the molecule is C(=CN1CC1)c1ccccc1. The summed E-state index contributed by atoms with van der Waals surface area (Å²) in [5.41, 5.74) is 1.28. The van der Waals surface area contributed by atoms with Crippen LogP contribution in [0.2, 0.25) is 0 Å². The van der Waals surface area contributed by atoms with Gasteiger partial charge in [-0.3, -0.25) is 0 Å². The van der Waals surface area contributed by atoms with Crippen LogP contribution in [0, 0.1) is 0 Å². The first-order valence-corrected chi connectivity index (χ1v) is 3.92. The molecule has 0 saturated carbocycles. The molecule has 0 spiro atoms. The van der Waals surface area contributed by atoms with Crippen LogP contribution >= 0.6 is 0 Å². The van der Waals surface area contributed by atoms with Crippen LogP contribution in [0.25, 0.3) is 6.08 Å². The van der Waals surface area contributed by atoms with E-state index in [-0.39, 0.29) is 0 Å². The lowest BCUT2D eigenvalue weighted by molar-refractivity contribution is 0.778. The summed E-state index contributed by atoms with van der Waals surface area (Å²) in [5, 5.41) is 0. The van der Waals surface area contributed by atoms with E-state index >= 15 is 0 Å². The van der Waals surface area contributed by atoms with E-state index in [1.54, 1.807) is 0 Å². The van der Waals surface area contributed by atoms with Crippen molar-refractivity contribution in [3.05, 3.63) is 42.1 Å². The van der Waals surface area contributed by atoms with Crippen molar-refractivity contribution in [3.8, 4) is 0 Å². The zero-order valence-electron chi connectivity index (χ0n) is 6.40. The normalized spacial score (nSPS) is 15.8. The van der Waals surface area contributed by atoms with Crippen LogP contribution < -0.4 is 0 Å². The summed E-state index contributed by atoms with van der Waals surface area (Å²) in [7, 11) is 0. The molecule has 0 bridgehead atoms. The zero-order chi connectivity index (χ0) is 7.52. The second kappa shape index (κ2) is 2.79.